The maximum atomic E-state index is 11.6. The molecule has 0 radical (unpaired) electrons. The Morgan fingerprint density at radius 1 is 1.40 bits per heavy atom. The third-order valence-electron chi connectivity index (χ3n) is 2.69. The molecule has 0 spiro atoms. The van der Waals surface area contributed by atoms with Crippen molar-refractivity contribution in [2.45, 2.75) is 27.3 Å². The molecule has 0 saturated heterocycles. The smallest absolute Gasteiger partial charge is 0.257 e. The average Bonchev–Trinajstić information content (AvgIpc) is 2.41. The van der Waals surface area contributed by atoms with Gasteiger partial charge >= 0.3 is 0 Å². The molecule has 0 aromatic heterocycles. The molecule has 0 fully saturated rings. The minimum atomic E-state index is -0.118. The highest BCUT2D eigenvalue weighted by molar-refractivity contribution is 6.31. The van der Waals surface area contributed by atoms with Crippen molar-refractivity contribution >= 4 is 17.5 Å². The molecule has 20 heavy (non-hydrogen) atoms. The fourth-order valence-corrected chi connectivity index (χ4v) is 1.84. The summed E-state index contributed by atoms with van der Waals surface area (Å²) in [5.74, 6) is 0.959. The molecule has 1 aromatic carbocycles. The van der Waals surface area contributed by atoms with Crippen LogP contribution in [0.15, 0.2) is 18.2 Å². The predicted octanol–water partition coefficient (Wildman–Crippen LogP) is 2.60. The van der Waals surface area contributed by atoms with Crippen molar-refractivity contribution in [3.63, 3.8) is 0 Å². The Balaban J connectivity index is 2.58. The quantitative estimate of drug-likeness (QED) is 0.775. The summed E-state index contributed by atoms with van der Waals surface area (Å²) in [6.45, 7) is 8.25. The molecular formula is C15H23ClN2O2. The van der Waals surface area contributed by atoms with Gasteiger partial charge in [-0.15, -0.1) is 0 Å². The van der Waals surface area contributed by atoms with E-state index in [1.165, 1.54) is 0 Å². The fourth-order valence-electron chi connectivity index (χ4n) is 1.61. The van der Waals surface area contributed by atoms with E-state index in [1.807, 2.05) is 39.0 Å². The third-order valence-corrected chi connectivity index (χ3v) is 3.05. The van der Waals surface area contributed by atoms with Crippen LogP contribution in [-0.2, 0) is 11.3 Å². The van der Waals surface area contributed by atoms with Gasteiger partial charge in [0.05, 0.1) is 0 Å². The predicted molar refractivity (Wildman–Crippen MR) is 82.2 cm³/mol. The molecule has 0 aliphatic rings. The first-order valence-corrected chi connectivity index (χ1v) is 7.30. The number of benzene rings is 1. The van der Waals surface area contributed by atoms with Crippen LogP contribution >= 0.6 is 11.6 Å². The molecular weight excluding hydrogens is 276 g/mol. The van der Waals surface area contributed by atoms with Crippen molar-refractivity contribution in [2.75, 3.05) is 19.7 Å². The van der Waals surface area contributed by atoms with Crippen molar-refractivity contribution in [3.05, 3.63) is 28.8 Å². The van der Waals surface area contributed by atoms with Gasteiger partial charge in [-0.1, -0.05) is 38.4 Å². The van der Waals surface area contributed by atoms with Crippen molar-refractivity contribution in [1.29, 1.82) is 0 Å². The number of halogens is 1. The number of hydrogen-bond donors (Lipinski definition) is 2. The van der Waals surface area contributed by atoms with E-state index in [0.29, 0.717) is 29.8 Å². The molecule has 1 amide bonds. The van der Waals surface area contributed by atoms with Gasteiger partial charge < -0.3 is 15.4 Å². The summed E-state index contributed by atoms with van der Waals surface area (Å²) in [6, 6.07) is 5.47. The first-order valence-electron chi connectivity index (χ1n) is 6.92. The minimum Gasteiger partial charge on any atom is -0.483 e. The molecule has 5 heteroatoms. The molecule has 0 saturated carbocycles. The molecule has 1 rings (SSSR count). The Labute approximate surface area is 125 Å². The highest BCUT2D eigenvalue weighted by atomic mass is 35.5. The van der Waals surface area contributed by atoms with Gasteiger partial charge in [-0.25, -0.2) is 0 Å². The molecule has 4 nitrogen and oxygen atoms in total. The topological polar surface area (TPSA) is 50.4 Å². The first-order chi connectivity index (χ1) is 9.54. The molecule has 112 valence electrons. The highest BCUT2D eigenvalue weighted by Crippen LogP contribution is 2.26. The van der Waals surface area contributed by atoms with Crippen molar-refractivity contribution in [2.24, 2.45) is 5.92 Å². The van der Waals surface area contributed by atoms with Gasteiger partial charge in [0.25, 0.3) is 5.91 Å². The first kappa shape index (κ1) is 16.8. The van der Waals surface area contributed by atoms with Crippen molar-refractivity contribution < 1.29 is 9.53 Å². The van der Waals surface area contributed by atoms with E-state index in [0.717, 1.165) is 12.1 Å². The molecule has 0 bridgehead atoms. The average molecular weight is 299 g/mol. The number of carbonyl (C=O) groups excluding carboxylic acids is 1. The Morgan fingerprint density at radius 3 is 2.80 bits per heavy atom. The summed E-state index contributed by atoms with van der Waals surface area (Å²) in [4.78, 5) is 11.6. The summed E-state index contributed by atoms with van der Waals surface area (Å²) < 4.78 is 5.57. The van der Waals surface area contributed by atoms with Gasteiger partial charge in [0.1, 0.15) is 5.75 Å². The normalized spacial score (nSPS) is 10.7. The standard InChI is InChI=1S/C15H23ClN2O2/c1-4-17-9-12-13(16)6-5-7-14(12)20-10-15(19)18-8-11(2)3/h5-7,11,17H,4,8-10H2,1-3H3,(H,18,19). The number of hydrogen-bond acceptors (Lipinski definition) is 3. The summed E-state index contributed by atoms with van der Waals surface area (Å²) in [5, 5.41) is 6.67. The van der Waals surface area contributed by atoms with Crippen molar-refractivity contribution in [1.82, 2.24) is 10.6 Å². The van der Waals surface area contributed by atoms with E-state index < -0.39 is 0 Å². The third kappa shape index (κ3) is 5.80. The summed E-state index contributed by atoms with van der Waals surface area (Å²) in [5.41, 5.74) is 0.882. The largest absolute Gasteiger partial charge is 0.483 e. The van der Waals surface area contributed by atoms with E-state index in [1.54, 1.807) is 0 Å². The maximum absolute atomic E-state index is 11.6. The van der Waals surface area contributed by atoms with Crippen LogP contribution in [0.3, 0.4) is 0 Å². The molecule has 0 unspecified atom stereocenters. The summed E-state index contributed by atoms with van der Waals surface area (Å²) in [7, 11) is 0. The zero-order valence-electron chi connectivity index (χ0n) is 12.3. The van der Waals surface area contributed by atoms with Crippen LogP contribution in [-0.4, -0.2) is 25.6 Å². The van der Waals surface area contributed by atoms with E-state index in [2.05, 4.69) is 10.6 Å². The molecule has 1 aromatic rings. The second kappa shape index (κ2) is 8.82. The fraction of sp³-hybridized carbons (Fsp3) is 0.533. The maximum Gasteiger partial charge on any atom is 0.257 e. The number of amides is 1. The highest BCUT2D eigenvalue weighted by Gasteiger charge is 2.10. The SMILES string of the molecule is CCNCc1c(Cl)cccc1OCC(=O)NCC(C)C. The Hall–Kier alpha value is -1.26. The Morgan fingerprint density at radius 2 is 2.15 bits per heavy atom. The monoisotopic (exact) mass is 298 g/mol. The lowest BCUT2D eigenvalue weighted by atomic mass is 10.2. The van der Waals surface area contributed by atoms with Crippen LogP contribution < -0.4 is 15.4 Å². The van der Waals surface area contributed by atoms with Crippen LogP contribution in [0, 0.1) is 5.92 Å². The van der Waals surface area contributed by atoms with E-state index in [9.17, 15) is 4.79 Å². The molecule has 0 heterocycles. The summed E-state index contributed by atoms with van der Waals surface area (Å²) >= 11 is 6.16. The van der Waals surface area contributed by atoms with Crippen LogP contribution in [0.4, 0.5) is 0 Å². The van der Waals surface area contributed by atoms with Gasteiger partial charge in [0.2, 0.25) is 0 Å². The molecule has 0 aliphatic heterocycles. The van der Waals surface area contributed by atoms with Gasteiger partial charge in [0, 0.05) is 23.7 Å². The van der Waals surface area contributed by atoms with Gasteiger partial charge in [0.15, 0.2) is 6.61 Å². The van der Waals surface area contributed by atoms with Crippen LogP contribution in [0.25, 0.3) is 0 Å². The second-order valence-electron chi connectivity index (χ2n) is 4.98. The molecule has 2 N–H and O–H groups in total. The number of nitrogens with one attached hydrogen (secondary N) is 2. The zero-order chi connectivity index (χ0) is 15.0. The number of carbonyl (C=O) groups is 1. The molecule has 0 aliphatic carbocycles. The molecule has 0 atom stereocenters. The number of rotatable bonds is 8. The van der Waals surface area contributed by atoms with Crippen LogP contribution in [0.1, 0.15) is 26.3 Å². The lowest BCUT2D eigenvalue weighted by Gasteiger charge is -2.13. The number of ether oxygens (including phenoxy) is 1. The van der Waals surface area contributed by atoms with Gasteiger partial charge in [-0.2, -0.15) is 0 Å². The van der Waals surface area contributed by atoms with Crippen molar-refractivity contribution in [3.8, 4) is 5.75 Å². The summed E-state index contributed by atoms with van der Waals surface area (Å²) in [6.07, 6.45) is 0. The lowest BCUT2D eigenvalue weighted by molar-refractivity contribution is -0.123. The Kier molecular flexibility index (Phi) is 7.41. The van der Waals surface area contributed by atoms with E-state index >= 15 is 0 Å². The van der Waals surface area contributed by atoms with Crippen LogP contribution in [0.2, 0.25) is 5.02 Å². The van der Waals surface area contributed by atoms with E-state index in [-0.39, 0.29) is 12.5 Å². The minimum absolute atomic E-state index is 0.00614. The Bertz CT molecular complexity index is 436. The second-order valence-corrected chi connectivity index (χ2v) is 5.39. The van der Waals surface area contributed by atoms with Crippen LogP contribution in [0.5, 0.6) is 5.75 Å². The zero-order valence-corrected chi connectivity index (χ0v) is 13.1. The lowest BCUT2D eigenvalue weighted by Crippen LogP contribution is -2.31. The van der Waals surface area contributed by atoms with Gasteiger partial charge in [-0.05, 0) is 24.6 Å². The van der Waals surface area contributed by atoms with Gasteiger partial charge in [-0.3, -0.25) is 4.79 Å². The van der Waals surface area contributed by atoms with E-state index in [4.69, 9.17) is 16.3 Å².